The maximum atomic E-state index is 12.7. The van der Waals surface area contributed by atoms with Crippen molar-refractivity contribution in [2.75, 3.05) is 13.1 Å². The number of amides is 1. The van der Waals surface area contributed by atoms with Crippen molar-refractivity contribution in [1.82, 2.24) is 10.2 Å². The van der Waals surface area contributed by atoms with Gasteiger partial charge in [0.05, 0.1) is 11.6 Å². The summed E-state index contributed by atoms with van der Waals surface area (Å²) in [6.07, 6.45) is 1.05. The molecule has 2 heterocycles. The van der Waals surface area contributed by atoms with Crippen LogP contribution in [0.15, 0.2) is 69.8 Å². The molecule has 1 aliphatic heterocycles. The SMILES string of the molecule is O=C(NCC(c1ccsc1)N1CCc2ccccc2C1)c1ccccc1Br. The molecular formula is C22H21BrN2OS. The maximum absolute atomic E-state index is 12.7. The van der Waals surface area contributed by atoms with Gasteiger partial charge in [0.25, 0.3) is 5.91 Å². The Bertz CT molecular complexity index is 926. The normalized spacial score (nSPS) is 15.1. The number of halogens is 1. The minimum absolute atomic E-state index is 0.0416. The molecule has 27 heavy (non-hydrogen) atoms. The second-order valence-corrected chi connectivity index (χ2v) is 8.39. The van der Waals surface area contributed by atoms with Crippen molar-refractivity contribution in [3.63, 3.8) is 0 Å². The Morgan fingerprint density at radius 1 is 1.11 bits per heavy atom. The van der Waals surface area contributed by atoms with Gasteiger partial charge in [-0.1, -0.05) is 36.4 Å². The molecule has 1 atom stereocenters. The second-order valence-electron chi connectivity index (χ2n) is 6.75. The van der Waals surface area contributed by atoms with Gasteiger partial charge in [0.15, 0.2) is 0 Å². The quantitative estimate of drug-likeness (QED) is 0.602. The lowest BCUT2D eigenvalue weighted by Gasteiger charge is -2.35. The molecule has 3 nitrogen and oxygen atoms in total. The van der Waals surface area contributed by atoms with E-state index in [1.807, 2.05) is 24.3 Å². The van der Waals surface area contributed by atoms with E-state index in [1.165, 1.54) is 16.7 Å². The largest absolute Gasteiger partial charge is 0.350 e. The highest BCUT2D eigenvalue weighted by molar-refractivity contribution is 9.10. The number of hydrogen-bond acceptors (Lipinski definition) is 3. The van der Waals surface area contributed by atoms with Crippen LogP contribution in [0.4, 0.5) is 0 Å². The molecule has 1 aliphatic rings. The molecule has 138 valence electrons. The fourth-order valence-electron chi connectivity index (χ4n) is 3.64. The molecule has 3 aromatic rings. The summed E-state index contributed by atoms with van der Waals surface area (Å²) in [5.74, 6) is -0.0416. The van der Waals surface area contributed by atoms with E-state index in [0.717, 1.165) is 24.0 Å². The number of nitrogens with zero attached hydrogens (tertiary/aromatic N) is 1. The van der Waals surface area contributed by atoms with Crippen molar-refractivity contribution in [3.05, 3.63) is 92.1 Å². The Balaban J connectivity index is 1.51. The van der Waals surface area contributed by atoms with Gasteiger partial charge in [0, 0.05) is 24.1 Å². The fourth-order valence-corrected chi connectivity index (χ4v) is 4.81. The highest BCUT2D eigenvalue weighted by Gasteiger charge is 2.25. The number of benzene rings is 2. The molecular weight excluding hydrogens is 420 g/mol. The minimum atomic E-state index is -0.0416. The van der Waals surface area contributed by atoms with Crippen molar-refractivity contribution in [1.29, 1.82) is 0 Å². The highest BCUT2D eigenvalue weighted by Crippen LogP contribution is 2.29. The van der Waals surface area contributed by atoms with E-state index in [1.54, 1.807) is 11.3 Å². The molecule has 0 bridgehead atoms. The first kappa shape index (κ1) is 18.4. The fraction of sp³-hybridized carbons (Fsp3) is 0.227. The Morgan fingerprint density at radius 3 is 2.67 bits per heavy atom. The zero-order chi connectivity index (χ0) is 18.6. The molecule has 0 saturated carbocycles. The number of nitrogens with one attached hydrogen (secondary N) is 1. The Morgan fingerprint density at radius 2 is 1.89 bits per heavy atom. The molecule has 0 spiro atoms. The monoisotopic (exact) mass is 440 g/mol. The average molecular weight is 441 g/mol. The first-order valence-corrected chi connectivity index (χ1v) is 10.8. The van der Waals surface area contributed by atoms with Crippen LogP contribution in [-0.2, 0) is 13.0 Å². The van der Waals surface area contributed by atoms with Gasteiger partial charge < -0.3 is 5.32 Å². The summed E-state index contributed by atoms with van der Waals surface area (Å²) < 4.78 is 0.821. The zero-order valence-electron chi connectivity index (χ0n) is 14.9. The van der Waals surface area contributed by atoms with Crippen molar-refractivity contribution >= 4 is 33.2 Å². The van der Waals surface area contributed by atoms with Crippen LogP contribution >= 0.6 is 27.3 Å². The summed E-state index contributed by atoms with van der Waals surface area (Å²) >= 11 is 5.17. The van der Waals surface area contributed by atoms with Gasteiger partial charge in [-0.05, 0) is 68.0 Å². The molecule has 2 aromatic carbocycles. The van der Waals surface area contributed by atoms with Crippen LogP contribution in [0.5, 0.6) is 0 Å². The number of carbonyl (C=O) groups excluding carboxylic acids is 1. The second kappa shape index (κ2) is 8.38. The number of carbonyl (C=O) groups is 1. The summed E-state index contributed by atoms with van der Waals surface area (Å²) in [4.78, 5) is 15.1. The number of fused-ring (bicyclic) bond motifs is 1. The van der Waals surface area contributed by atoms with Crippen LogP contribution in [-0.4, -0.2) is 23.9 Å². The van der Waals surface area contributed by atoms with Gasteiger partial charge in [0.2, 0.25) is 0 Å². The van der Waals surface area contributed by atoms with E-state index >= 15 is 0 Å². The molecule has 0 fully saturated rings. The van der Waals surface area contributed by atoms with Crippen LogP contribution in [0.1, 0.15) is 33.1 Å². The van der Waals surface area contributed by atoms with Crippen LogP contribution < -0.4 is 5.32 Å². The van der Waals surface area contributed by atoms with Crippen molar-refractivity contribution in [2.45, 2.75) is 19.0 Å². The number of rotatable bonds is 5. The third-order valence-corrected chi connectivity index (χ3v) is 6.50. The molecule has 4 rings (SSSR count). The smallest absolute Gasteiger partial charge is 0.252 e. The summed E-state index contributed by atoms with van der Waals surface area (Å²) in [6.45, 7) is 2.52. The Kier molecular flexibility index (Phi) is 5.72. The zero-order valence-corrected chi connectivity index (χ0v) is 17.3. The first-order chi connectivity index (χ1) is 13.2. The number of thiophene rings is 1. The number of hydrogen-bond donors (Lipinski definition) is 1. The van der Waals surface area contributed by atoms with Crippen LogP contribution in [0.3, 0.4) is 0 Å². The van der Waals surface area contributed by atoms with Gasteiger partial charge in [-0.25, -0.2) is 0 Å². The van der Waals surface area contributed by atoms with Crippen LogP contribution in [0, 0.1) is 0 Å². The highest BCUT2D eigenvalue weighted by atomic mass is 79.9. The lowest BCUT2D eigenvalue weighted by Crippen LogP contribution is -2.40. The topological polar surface area (TPSA) is 32.3 Å². The van der Waals surface area contributed by atoms with E-state index in [0.29, 0.717) is 12.1 Å². The van der Waals surface area contributed by atoms with Crippen molar-refractivity contribution in [3.8, 4) is 0 Å². The van der Waals surface area contributed by atoms with Gasteiger partial charge >= 0.3 is 0 Å². The van der Waals surface area contributed by atoms with Crippen LogP contribution in [0.25, 0.3) is 0 Å². The van der Waals surface area contributed by atoms with Gasteiger partial charge in [-0.2, -0.15) is 11.3 Å². The average Bonchev–Trinajstić information content (AvgIpc) is 3.23. The summed E-state index contributed by atoms with van der Waals surface area (Å²) in [5.41, 5.74) is 4.77. The van der Waals surface area contributed by atoms with E-state index < -0.39 is 0 Å². The van der Waals surface area contributed by atoms with Crippen molar-refractivity contribution in [2.24, 2.45) is 0 Å². The maximum Gasteiger partial charge on any atom is 0.252 e. The standard InChI is InChI=1S/C22H21BrN2OS/c23-20-8-4-3-7-19(20)22(26)24-13-21(18-10-12-27-15-18)25-11-9-16-5-1-2-6-17(16)14-25/h1-8,10,12,15,21H,9,11,13-14H2,(H,24,26). The molecule has 1 aromatic heterocycles. The first-order valence-electron chi connectivity index (χ1n) is 9.08. The van der Waals surface area contributed by atoms with E-state index in [4.69, 9.17) is 0 Å². The molecule has 1 unspecified atom stereocenters. The molecule has 1 N–H and O–H groups in total. The predicted octanol–water partition coefficient (Wildman–Crippen LogP) is 5.04. The lowest BCUT2D eigenvalue weighted by atomic mass is 9.97. The van der Waals surface area contributed by atoms with Gasteiger partial charge in [-0.3, -0.25) is 9.69 Å². The van der Waals surface area contributed by atoms with Crippen molar-refractivity contribution < 1.29 is 4.79 Å². The summed E-state index contributed by atoms with van der Waals surface area (Å²) in [5, 5.41) is 7.44. The molecule has 0 aliphatic carbocycles. The summed E-state index contributed by atoms with van der Waals surface area (Å²) in [7, 11) is 0. The Hall–Kier alpha value is -1.95. The summed E-state index contributed by atoms with van der Waals surface area (Å²) in [6, 6.07) is 18.5. The Labute approximate surface area is 172 Å². The third-order valence-electron chi connectivity index (χ3n) is 5.10. The van der Waals surface area contributed by atoms with E-state index in [-0.39, 0.29) is 11.9 Å². The third kappa shape index (κ3) is 4.15. The van der Waals surface area contributed by atoms with Gasteiger partial charge in [-0.15, -0.1) is 0 Å². The van der Waals surface area contributed by atoms with E-state index in [2.05, 4.69) is 67.2 Å². The molecule has 5 heteroatoms. The molecule has 0 radical (unpaired) electrons. The van der Waals surface area contributed by atoms with Gasteiger partial charge in [0.1, 0.15) is 0 Å². The molecule has 1 amide bonds. The minimum Gasteiger partial charge on any atom is -0.350 e. The predicted molar refractivity (Wildman–Crippen MR) is 114 cm³/mol. The molecule has 0 saturated heterocycles. The lowest BCUT2D eigenvalue weighted by molar-refractivity contribution is 0.0927. The van der Waals surface area contributed by atoms with Crippen LogP contribution in [0.2, 0.25) is 0 Å². The van der Waals surface area contributed by atoms with E-state index in [9.17, 15) is 4.79 Å².